The van der Waals surface area contributed by atoms with Crippen molar-refractivity contribution in [1.29, 1.82) is 0 Å². The van der Waals surface area contributed by atoms with E-state index in [1.807, 2.05) is 18.4 Å². The van der Waals surface area contributed by atoms with E-state index < -0.39 is 0 Å². The lowest BCUT2D eigenvalue weighted by atomic mass is 10.2. The summed E-state index contributed by atoms with van der Waals surface area (Å²) in [6.07, 6.45) is 6.62. The lowest BCUT2D eigenvalue weighted by Crippen LogP contribution is -2.41. The van der Waals surface area contributed by atoms with Crippen molar-refractivity contribution >= 4 is 17.3 Å². The molecule has 0 atom stereocenters. The van der Waals surface area contributed by atoms with Crippen LogP contribution in [0.2, 0.25) is 0 Å². The first kappa shape index (κ1) is 17.3. The first-order chi connectivity index (χ1) is 10.8. The van der Waals surface area contributed by atoms with Crippen molar-refractivity contribution < 1.29 is 0 Å². The Bertz CT molecular complexity index is 447. The largest absolute Gasteiger partial charge is 0.355 e. The second-order valence-corrected chi connectivity index (χ2v) is 7.08. The third-order valence-electron chi connectivity index (χ3n) is 4.14. The third-order valence-corrected chi connectivity index (χ3v) is 5.37. The van der Waals surface area contributed by atoms with Crippen LogP contribution in [-0.2, 0) is 13.0 Å². The van der Waals surface area contributed by atoms with E-state index >= 15 is 0 Å². The Hall–Kier alpha value is -1.07. The topological polar surface area (TPSA) is 39.7 Å². The van der Waals surface area contributed by atoms with Crippen LogP contribution in [-0.4, -0.2) is 44.1 Å². The number of aryl methyl sites for hydroxylation is 1. The minimum absolute atomic E-state index is 0.855. The summed E-state index contributed by atoms with van der Waals surface area (Å²) in [5.74, 6) is 0.904. The van der Waals surface area contributed by atoms with Crippen molar-refractivity contribution in [3.05, 3.63) is 21.9 Å². The molecule has 4 nitrogen and oxygen atoms in total. The van der Waals surface area contributed by atoms with E-state index in [2.05, 4.69) is 39.6 Å². The van der Waals surface area contributed by atoms with Gasteiger partial charge in [-0.25, -0.2) is 0 Å². The molecule has 2 heterocycles. The van der Waals surface area contributed by atoms with E-state index in [1.54, 1.807) is 0 Å². The molecule has 1 aliphatic heterocycles. The fourth-order valence-corrected chi connectivity index (χ4v) is 3.69. The molecule has 1 fully saturated rings. The molecule has 0 saturated carbocycles. The fourth-order valence-electron chi connectivity index (χ4n) is 2.79. The Balaban J connectivity index is 1.66. The molecule has 1 aromatic rings. The van der Waals surface area contributed by atoms with Crippen molar-refractivity contribution in [2.24, 2.45) is 4.99 Å². The monoisotopic (exact) mass is 322 g/mol. The highest BCUT2D eigenvalue weighted by atomic mass is 32.1. The zero-order valence-corrected chi connectivity index (χ0v) is 14.8. The molecule has 1 saturated heterocycles. The van der Waals surface area contributed by atoms with Gasteiger partial charge < -0.3 is 15.5 Å². The SMILES string of the molecule is CCc1ccc(CNC(=NC)NCCN2CCCCCC2)s1. The van der Waals surface area contributed by atoms with Crippen molar-refractivity contribution in [2.75, 3.05) is 33.2 Å². The fraction of sp³-hybridized carbons (Fsp3) is 0.706. The molecule has 2 rings (SSSR count). The summed E-state index contributed by atoms with van der Waals surface area (Å²) in [6, 6.07) is 4.43. The van der Waals surface area contributed by atoms with Gasteiger partial charge in [-0.05, 0) is 44.5 Å². The molecule has 22 heavy (non-hydrogen) atoms. The van der Waals surface area contributed by atoms with Crippen LogP contribution >= 0.6 is 11.3 Å². The number of nitrogens with one attached hydrogen (secondary N) is 2. The number of hydrogen-bond acceptors (Lipinski definition) is 3. The van der Waals surface area contributed by atoms with Gasteiger partial charge in [0.25, 0.3) is 0 Å². The molecular formula is C17H30N4S. The van der Waals surface area contributed by atoms with Gasteiger partial charge in [0.1, 0.15) is 0 Å². The number of thiophene rings is 1. The average molecular weight is 323 g/mol. The van der Waals surface area contributed by atoms with Gasteiger partial charge in [0.15, 0.2) is 5.96 Å². The van der Waals surface area contributed by atoms with Crippen molar-refractivity contribution in [3.8, 4) is 0 Å². The van der Waals surface area contributed by atoms with E-state index in [9.17, 15) is 0 Å². The highest BCUT2D eigenvalue weighted by molar-refractivity contribution is 7.11. The van der Waals surface area contributed by atoms with E-state index in [1.165, 1.54) is 48.5 Å². The van der Waals surface area contributed by atoms with E-state index in [0.717, 1.165) is 32.0 Å². The first-order valence-electron chi connectivity index (χ1n) is 8.56. The zero-order chi connectivity index (χ0) is 15.6. The third kappa shape index (κ3) is 5.97. The minimum Gasteiger partial charge on any atom is -0.355 e. The van der Waals surface area contributed by atoms with Gasteiger partial charge in [0.2, 0.25) is 0 Å². The van der Waals surface area contributed by atoms with Crippen LogP contribution in [0, 0.1) is 0 Å². The van der Waals surface area contributed by atoms with E-state index in [4.69, 9.17) is 0 Å². The Morgan fingerprint density at radius 3 is 2.50 bits per heavy atom. The maximum absolute atomic E-state index is 4.31. The lowest BCUT2D eigenvalue weighted by Gasteiger charge is -2.20. The number of guanidine groups is 1. The molecule has 0 unspecified atom stereocenters. The number of aliphatic imine (C=N–C) groups is 1. The molecule has 0 aromatic carbocycles. The van der Waals surface area contributed by atoms with Gasteiger partial charge in [0, 0.05) is 29.9 Å². The molecule has 5 heteroatoms. The van der Waals surface area contributed by atoms with E-state index in [0.29, 0.717) is 0 Å². The molecule has 0 bridgehead atoms. The van der Waals surface area contributed by atoms with Gasteiger partial charge in [0.05, 0.1) is 6.54 Å². The Morgan fingerprint density at radius 2 is 1.86 bits per heavy atom. The highest BCUT2D eigenvalue weighted by Gasteiger charge is 2.08. The first-order valence-corrected chi connectivity index (χ1v) is 9.38. The number of hydrogen-bond donors (Lipinski definition) is 2. The van der Waals surface area contributed by atoms with Crippen LogP contribution < -0.4 is 10.6 Å². The van der Waals surface area contributed by atoms with Crippen molar-refractivity contribution in [3.63, 3.8) is 0 Å². The van der Waals surface area contributed by atoms with Crippen LogP contribution in [0.3, 0.4) is 0 Å². The number of likely N-dealkylation sites (tertiary alicyclic amines) is 1. The van der Waals surface area contributed by atoms with E-state index in [-0.39, 0.29) is 0 Å². The standard InChI is InChI=1S/C17H30N4S/c1-3-15-8-9-16(22-15)14-20-17(18-2)19-10-13-21-11-6-4-5-7-12-21/h8-9H,3-7,10-14H2,1-2H3,(H2,18,19,20). The molecule has 0 radical (unpaired) electrons. The maximum atomic E-state index is 4.31. The molecule has 2 N–H and O–H groups in total. The average Bonchev–Trinajstić information content (AvgIpc) is 2.85. The number of rotatable bonds is 6. The summed E-state index contributed by atoms with van der Waals surface area (Å²) in [4.78, 5) is 9.69. The van der Waals surface area contributed by atoms with Crippen LogP contribution in [0.15, 0.2) is 17.1 Å². The summed E-state index contributed by atoms with van der Waals surface area (Å²) >= 11 is 1.88. The predicted molar refractivity (Wildman–Crippen MR) is 96.8 cm³/mol. The van der Waals surface area contributed by atoms with Crippen molar-refractivity contribution in [2.45, 2.75) is 45.6 Å². The summed E-state index contributed by atoms with van der Waals surface area (Å²) in [5.41, 5.74) is 0. The summed E-state index contributed by atoms with van der Waals surface area (Å²) < 4.78 is 0. The predicted octanol–water partition coefficient (Wildman–Crippen LogP) is 2.85. The molecular weight excluding hydrogens is 292 g/mol. The normalized spacial score (nSPS) is 17.3. The molecule has 124 valence electrons. The molecule has 0 aliphatic carbocycles. The maximum Gasteiger partial charge on any atom is 0.191 e. The summed E-state index contributed by atoms with van der Waals surface area (Å²) in [7, 11) is 1.84. The Morgan fingerprint density at radius 1 is 1.14 bits per heavy atom. The van der Waals surface area contributed by atoms with Gasteiger partial charge in [-0.15, -0.1) is 11.3 Å². The van der Waals surface area contributed by atoms with Gasteiger partial charge in [-0.3, -0.25) is 4.99 Å². The molecule has 1 aromatic heterocycles. The van der Waals surface area contributed by atoms with Gasteiger partial charge in [-0.1, -0.05) is 19.8 Å². The Labute approximate surface area is 139 Å². The Kier molecular flexibility index (Phi) is 7.74. The second-order valence-electron chi connectivity index (χ2n) is 5.83. The molecule has 1 aliphatic rings. The number of nitrogens with zero attached hydrogens (tertiary/aromatic N) is 2. The quantitative estimate of drug-likeness (QED) is 0.625. The summed E-state index contributed by atoms with van der Waals surface area (Å²) in [6.45, 7) is 7.63. The minimum atomic E-state index is 0.855. The second kappa shape index (κ2) is 9.85. The lowest BCUT2D eigenvalue weighted by molar-refractivity contribution is 0.289. The zero-order valence-electron chi connectivity index (χ0n) is 14.0. The van der Waals surface area contributed by atoms with Crippen LogP contribution in [0.25, 0.3) is 0 Å². The van der Waals surface area contributed by atoms with Crippen LogP contribution in [0.4, 0.5) is 0 Å². The highest BCUT2D eigenvalue weighted by Crippen LogP contribution is 2.16. The molecule has 0 amide bonds. The summed E-state index contributed by atoms with van der Waals surface area (Å²) in [5, 5.41) is 6.83. The molecule has 0 spiro atoms. The van der Waals surface area contributed by atoms with Gasteiger partial charge in [-0.2, -0.15) is 0 Å². The van der Waals surface area contributed by atoms with Crippen LogP contribution in [0.5, 0.6) is 0 Å². The van der Waals surface area contributed by atoms with Crippen molar-refractivity contribution in [1.82, 2.24) is 15.5 Å². The smallest absolute Gasteiger partial charge is 0.191 e. The van der Waals surface area contributed by atoms with Crippen LogP contribution in [0.1, 0.15) is 42.4 Å². The van der Waals surface area contributed by atoms with Gasteiger partial charge >= 0.3 is 0 Å².